The number of carbonyl (C=O) groups excluding carboxylic acids is 3. The van der Waals surface area contributed by atoms with Gasteiger partial charge < -0.3 is 10.6 Å². The summed E-state index contributed by atoms with van der Waals surface area (Å²) in [5, 5.41) is 5.58. The van der Waals surface area contributed by atoms with Gasteiger partial charge in [-0.25, -0.2) is 4.39 Å². The average Bonchev–Trinajstić information content (AvgIpc) is 2.71. The fourth-order valence-corrected chi connectivity index (χ4v) is 2.68. The largest absolute Gasteiger partial charge is 0.351 e. The van der Waals surface area contributed by atoms with E-state index < -0.39 is 0 Å². The van der Waals surface area contributed by atoms with Crippen molar-refractivity contribution in [1.82, 2.24) is 10.2 Å². The summed E-state index contributed by atoms with van der Waals surface area (Å²) < 4.78 is 12.9. The number of halogens is 1. The van der Waals surface area contributed by atoms with Crippen LogP contribution >= 0.6 is 0 Å². The van der Waals surface area contributed by atoms with Crippen molar-refractivity contribution in [3.05, 3.63) is 65.5 Å². The normalized spacial score (nSPS) is 10.6. The number of carbonyl (C=O) groups is 3. The summed E-state index contributed by atoms with van der Waals surface area (Å²) in [5.74, 6) is -0.661. The van der Waals surface area contributed by atoms with Gasteiger partial charge in [-0.05, 0) is 55.4 Å². The minimum Gasteiger partial charge on any atom is -0.351 e. The molecule has 0 aliphatic rings. The van der Waals surface area contributed by atoms with Gasteiger partial charge in [0.25, 0.3) is 0 Å². The van der Waals surface area contributed by atoms with E-state index >= 15 is 0 Å². The third-order valence-corrected chi connectivity index (χ3v) is 4.45. The Kier molecular flexibility index (Phi) is 8.48. The summed E-state index contributed by atoms with van der Waals surface area (Å²) >= 11 is 0. The van der Waals surface area contributed by atoms with Crippen LogP contribution in [0.3, 0.4) is 0 Å². The topological polar surface area (TPSA) is 78.5 Å². The predicted octanol–water partition coefficient (Wildman–Crippen LogP) is 3.00. The maximum absolute atomic E-state index is 12.9. The zero-order valence-electron chi connectivity index (χ0n) is 16.7. The zero-order valence-corrected chi connectivity index (χ0v) is 16.7. The molecule has 2 N–H and O–H groups in total. The van der Waals surface area contributed by atoms with Gasteiger partial charge in [-0.1, -0.05) is 19.1 Å². The number of likely N-dealkylation sites (N-methyl/N-ethyl adjacent to an activating group) is 1. The Morgan fingerprint density at radius 3 is 2.21 bits per heavy atom. The summed E-state index contributed by atoms with van der Waals surface area (Å²) in [6, 6.07) is 12.7. The Morgan fingerprint density at radius 2 is 1.62 bits per heavy atom. The molecule has 0 atom stereocenters. The highest BCUT2D eigenvalue weighted by Gasteiger charge is 2.11. The van der Waals surface area contributed by atoms with Gasteiger partial charge in [0.1, 0.15) is 5.82 Å². The number of anilines is 1. The second-order valence-electron chi connectivity index (χ2n) is 6.70. The van der Waals surface area contributed by atoms with Gasteiger partial charge >= 0.3 is 0 Å². The van der Waals surface area contributed by atoms with Crippen molar-refractivity contribution in [3.8, 4) is 0 Å². The number of Topliss-reactive ketones (excluding diaryl/α,β-unsaturated/α-hetero) is 1. The molecule has 6 nitrogen and oxygen atoms in total. The summed E-state index contributed by atoms with van der Waals surface area (Å²) in [6.45, 7) is 4.99. The molecule has 2 aromatic carbocycles. The molecule has 0 spiro atoms. The van der Waals surface area contributed by atoms with E-state index in [1.807, 2.05) is 11.8 Å². The summed E-state index contributed by atoms with van der Waals surface area (Å²) in [7, 11) is 0. The summed E-state index contributed by atoms with van der Waals surface area (Å²) in [5.41, 5.74) is 2.03. The van der Waals surface area contributed by atoms with E-state index in [1.165, 1.54) is 19.1 Å². The molecule has 0 aliphatic carbocycles. The molecular formula is C22H26FN3O3. The summed E-state index contributed by atoms with van der Waals surface area (Å²) in [4.78, 5) is 37.4. The van der Waals surface area contributed by atoms with Crippen molar-refractivity contribution in [2.45, 2.75) is 26.8 Å². The van der Waals surface area contributed by atoms with E-state index in [2.05, 4.69) is 10.6 Å². The molecule has 0 saturated carbocycles. The van der Waals surface area contributed by atoms with E-state index in [-0.39, 0.29) is 36.4 Å². The number of benzene rings is 2. The zero-order chi connectivity index (χ0) is 21.2. The Bertz CT molecular complexity index is 835. The van der Waals surface area contributed by atoms with Crippen molar-refractivity contribution < 1.29 is 18.8 Å². The van der Waals surface area contributed by atoms with Crippen LogP contribution in [-0.4, -0.2) is 42.1 Å². The van der Waals surface area contributed by atoms with Crippen LogP contribution in [0, 0.1) is 5.82 Å². The lowest BCUT2D eigenvalue weighted by atomic mass is 10.1. The number of ketones is 1. The molecule has 0 radical (unpaired) electrons. The maximum atomic E-state index is 12.9. The number of hydrogen-bond donors (Lipinski definition) is 2. The lowest BCUT2D eigenvalue weighted by Gasteiger charge is -2.19. The first-order valence-corrected chi connectivity index (χ1v) is 9.51. The molecule has 29 heavy (non-hydrogen) atoms. The number of hydrogen-bond acceptors (Lipinski definition) is 4. The van der Waals surface area contributed by atoms with Gasteiger partial charge in [-0.15, -0.1) is 0 Å². The van der Waals surface area contributed by atoms with Gasteiger partial charge in [-0.3, -0.25) is 19.3 Å². The van der Waals surface area contributed by atoms with Crippen LogP contribution in [0.15, 0.2) is 48.5 Å². The average molecular weight is 399 g/mol. The number of rotatable bonds is 10. The molecule has 0 aromatic heterocycles. The minimum atomic E-state index is -0.315. The van der Waals surface area contributed by atoms with Gasteiger partial charge in [-0.2, -0.15) is 0 Å². The Hall–Kier alpha value is -3.06. The van der Waals surface area contributed by atoms with E-state index in [0.29, 0.717) is 30.9 Å². The molecule has 154 valence electrons. The van der Waals surface area contributed by atoms with Gasteiger partial charge in [0.05, 0.1) is 6.54 Å². The molecule has 0 fully saturated rings. The van der Waals surface area contributed by atoms with Gasteiger partial charge in [0, 0.05) is 30.8 Å². The smallest absolute Gasteiger partial charge is 0.234 e. The van der Waals surface area contributed by atoms with Crippen molar-refractivity contribution in [2.24, 2.45) is 0 Å². The van der Waals surface area contributed by atoms with Crippen molar-refractivity contribution in [2.75, 3.05) is 25.0 Å². The SMILES string of the molecule is CCN(CCC(=O)Nc1ccc(C(C)=O)cc1)CC(=O)NCc1ccc(F)cc1. The molecule has 0 saturated heterocycles. The predicted molar refractivity (Wildman–Crippen MR) is 110 cm³/mol. The molecule has 0 heterocycles. The third kappa shape index (κ3) is 7.83. The number of amides is 2. The first-order chi connectivity index (χ1) is 13.9. The Morgan fingerprint density at radius 1 is 0.966 bits per heavy atom. The van der Waals surface area contributed by atoms with Crippen LogP contribution in [-0.2, 0) is 16.1 Å². The Labute approximate surface area is 170 Å². The molecular weight excluding hydrogens is 373 g/mol. The highest BCUT2D eigenvalue weighted by Crippen LogP contribution is 2.10. The molecule has 2 amide bonds. The van der Waals surface area contributed by atoms with Crippen LogP contribution in [0.5, 0.6) is 0 Å². The third-order valence-electron chi connectivity index (χ3n) is 4.45. The van der Waals surface area contributed by atoms with Crippen LogP contribution in [0.1, 0.15) is 36.2 Å². The lowest BCUT2D eigenvalue weighted by molar-refractivity contribution is -0.123. The molecule has 7 heteroatoms. The van der Waals surface area contributed by atoms with Crippen molar-refractivity contribution in [1.29, 1.82) is 0 Å². The van der Waals surface area contributed by atoms with Crippen LogP contribution < -0.4 is 10.6 Å². The number of nitrogens with one attached hydrogen (secondary N) is 2. The van der Waals surface area contributed by atoms with E-state index in [1.54, 1.807) is 36.4 Å². The molecule has 2 aromatic rings. The molecule has 0 bridgehead atoms. The van der Waals surface area contributed by atoms with E-state index in [0.717, 1.165) is 5.56 Å². The van der Waals surface area contributed by atoms with Crippen LogP contribution in [0.4, 0.5) is 10.1 Å². The first kappa shape index (κ1) is 22.2. The van der Waals surface area contributed by atoms with Crippen LogP contribution in [0.2, 0.25) is 0 Å². The standard InChI is InChI=1S/C22H26FN3O3/c1-3-26(15-22(29)24-14-17-4-8-19(23)9-5-17)13-12-21(28)25-20-10-6-18(7-11-20)16(2)27/h4-11H,3,12-15H2,1-2H3,(H,24,29)(H,25,28). The van der Waals surface area contributed by atoms with Crippen molar-refractivity contribution >= 4 is 23.3 Å². The molecule has 2 rings (SSSR count). The van der Waals surface area contributed by atoms with Crippen LogP contribution in [0.25, 0.3) is 0 Å². The highest BCUT2D eigenvalue weighted by molar-refractivity contribution is 5.95. The van der Waals surface area contributed by atoms with Crippen molar-refractivity contribution in [3.63, 3.8) is 0 Å². The van der Waals surface area contributed by atoms with E-state index in [4.69, 9.17) is 0 Å². The van der Waals surface area contributed by atoms with E-state index in [9.17, 15) is 18.8 Å². The summed E-state index contributed by atoms with van der Waals surface area (Å²) in [6.07, 6.45) is 0.244. The quantitative estimate of drug-likeness (QED) is 0.602. The first-order valence-electron chi connectivity index (χ1n) is 9.51. The van der Waals surface area contributed by atoms with Gasteiger partial charge in [0.2, 0.25) is 11.8 Å². The Balaban J connectivity index is 1.73. The lowest BCUT2D eigenvalue weighted by Crippen LogP contribution is -2.38. The fraction of sp³-hybridized carbons (Fsp3) is 0.318. The highest BCUT2D eigenvalue weighted by atomic mass is 19.1. The monoisotopic (exact) mass is 399 g/mol. The van der Waals surface area contributed by atoms with Gasteiger partial charge in [0.15, 0.2) is 5.78 Å². The minimum absolute atomic E-state index is 0.0285. The fourth-order valence-electron chi connectivity index (χ4n) is 2.68. The molecule has 0 unspecified atom stereocenters. The number of nitrogens with zero attached hydrogens (tertiary/aromatic N) is 1. The second-order valence-corrected chi connectivity index (χ2v) is 6.70. The maximum Gasteiger partial charge on any atom is 0.234 e. The second kappa shape index (κ2) is 11.1. The molecule has 0 aliphatic heterocycles.